The van der Waals surface area contributed by atoms with E-state index < -0.39 is 0 Å². The molecule has 2 aromatic carbocycles. The second kappa shape index (κ2) is 5.34. The van der Waals surface area contributed by atoms with E-state index in [2.05, 4.69) is 4.98 Å². The zero-order chi connectivity index (χ0) is 14.9. The van der Waals surface area contributed by atoms with Gasteiger partial charge in [-0.05, 0) is 36.6 Å². The number of aromatic amines is 1. The van der Waals surface area contributed by atoms with E-state index in [0.29, 0.717) is 13.0 Å². The molecule has 0 amide bonds. The van der Waals surface area contributed by atoms with Crippen molar-refractivity contribution in [1.29, 1.82) is 0 Å². The Morgan fingerprint density at radius 3 is 2.77 bits per heavy atom. The molecule has 110 valence electrons. The van der Waals surface area contributed by atoms with Crippen LogP contribution in [-0.4, -0.2) is 10.8 Å². The van der Waals surface area contributed by atoms with Crippen molar-refractivity contribution in [3.05, 3.63) is 65.4 Å². The van der Waals surface area contributed by atoms with Gasteiger partial charge < -0.3 is 9.72 Å². The van der Waals surface area contributed by atoms with Gasteiger partial charge in [0, 0.05) is 28.6 Å². The van der Waals surface area contributed by atoms with Crippen molar-refractivity contribution in [2.75, 3.05) is 0 Å². The number of aromatic nitrogens is 1. The number of carbonyl (C=O) groups is 1. The van der Waals surface area contributed by atoms with Crippen LogP contribution in [0.2, 0.25) is 0 Å². The molecule has 1 N–H and O–H groups in total. The van der Waals surface area contributed by atoms with Gasteiger partial charge in [-0.15, -0.1) is 0 Å². The molecule has 0 saturated heterocycles. The van der Waals surface area contributed by atoms with Crippen molar-refractivity contribution in [3.8, 4) is 5.75 Å². The van der Waals surface area contributed by atoms with Crippen LogP contribution >= 0.6 is 0 Å². The number of Topliss-reactive ketones (excluding diaryl/α,β-unsaturated/α-hetero) is 1. The van der Waals surface area contributed by atoms with E-state index in [1.54, 1.807) is 0 Å². The van der Waals surface area contributed by atoms with Crippen molar-refractivity contribution in [1.82, 2.24) is 4.98 Å². The quantitative estimate of drug-likeness (QED) is 0.783. The average molecular weight is 291 g/mol. The molecule has 0 saturated carbocycles. The molecule has 4 rings (SSSR count). The van der Waals surface area contributed by atoms with Crippen LogP contribution in [-0.2, 0) is 13.0 Å². The molecular weight excluding hydrogens is 274 g/mol. The van der Waals surface area contributed by atoms with Gasteiger partial charge in [-0.3, -0.25) is 4.79 Å². The van der Waals surface area contributed by atoms with E-state index in [9.17, 15) is 4.79 Å². The van der Waals surface area contributed by atoms with Crippen LogP contribution in [0.4, 0.5) is 0 Å². The van der Waals surface area contributed by atoms with Gasteiger partial charge in [0.2, 0.25) is 0 Å². The van der Waals surface area contributed by atoms with Crippen molar-refractivity contribution in [2.24, 2.45) is 0 Å². The largest absolute Gasteiger partial charge is 0.489 e. The Balaban J connectivity index is 1.65. The van der Waals surface area contributed by atoms with Crippen LogP contribution < -0.4 is 4.74 Å². The topological polar surface area (TPSA) is 42.1 Å². The third-order valence-corrected chi connectivity index (χ3v) is 4.21. The smallest absolute Gasteiger partial charge is 0.165 e. The summed E-state index contributed by atoms with van der Waals surface area (Å²) < 4.78 is 5.87. The molecule has 22 heavy (non-hydrogen) atoms. The maximum absolute atomic E-state index is 12.2. The minimum Gasteiger partial charge on any atom is -0.489 e. The molecule has 0 unspecified atom stereocenters. The van der Waals surface area contributed by atoms with Crippen molar-refractivity contribution < 1.29 is 9.53 Å². The zero-order valence-corrected chi connectivity index (χ0v) is 12.3. The summed E-state index contributed by atoms with van der Waals surface area (Å²) in [4.78, 5) is 15.6. The highest BCUT2D eigenvalue weighted by atomic mass is 16.5. The third kappa shape index (κ3) is 2.29. The number of ketones is 1. The molecular formula is C19H17NO2. The van der Waals surface area contributed by atoms with Gasteiger partial charge in [-0.1, -0.05) is 30.3 Å². The number of hydrogen-bond donors (Lipinski definition) is 1. The number of nitrogens with one attached hydrogen (secondary N) is 1. The van der Waals surface area contributed by atoms with E-state index in [0.717, 1.165) is 46.3 Å². The van der Waals surface area contributed by atoms with E-state index in [1.807, 2.05) is 48.5 Å². The second-order valence-corrected chi connectivity index (χ2v) is 5.74. The Bertz CT molecular complexity index is 833. The highest BCUT2D eigenvalue weighted by Crippen LogP contribution is 2.31. The summed E-state index contributed by atoms with van der Waals surface area (Å²) in [5, 5.41) is 0.991. The Hall–Kier alpha value is -2.55. The molecule has 1 aromatic heterocycles. The van der Waals surface area contributed by atoms with E-state index in [4.69, 9.17) is 4.74 Å². The molecule has 0 radical (unpaired) electrons. The van der Waals surface area contributed by atoms with Gasteiger partial charge in [0.25, 0.3) is 0 Å². The predicted molar refractivity (Wildman–Crippen MR) is 86.3 cm³/mol. The monoisotopic (exact) mass is 291 g/mol. The number of ether oxygens (including phenoxy) is 1. The first kappa shape index (κ1) is 13.1. The van der Waals surface area contributed by atoms with Gasteiger partial charge >= 0.3 is 0 Å². The highest BCUT2D eigenvalue weighted by molar-refractivity contribution is 6.10. The van der Waals surface area contributed by atoms with Crippen LogP contribution in [0.1, 0.15) is 34.5 Å². The SMILES string of the molecule is O=C1CCCc2[nH]c3ccc(OCc4ccccc4)cc3c21. The van der Waals surface area contributed by atoms with Gasteiger partial charge in [-0.25, -0.2) is 0 Å². The van der Waals surface area contributed by atoms with Crippen molar-refractivity contribution in [3.63, 3.8) is 0 Å². The van der Waals surface area contributed by atoms with Crippen LogP contribution in [0.25, 0.3) is 10.9 Å². The first-order chi connectivity index (χ1) is 10.8. The lowest BCUT2D eigenvalue weighted by Crippen LogP contribution is -2.09. The summed E-state index contributed by atoms with van der Waals surface area (Å²) in [6, 6.07) is 16.0. The van der Waals surface area contributed by atoms with Crippen LogP contribution in [0.5, 0.6) is 5.75 Å². The normalized spacial score (nSPS) is 14.1. The maximum Gasteiger partial charge on any atom is 0.165 e. The Morgan fingerprint density at radius 2 is 1.91 bits per heavy atom. The number of rotatable bonds is 3. The van der Waals surface area contributed by atoms with E-state index in [-0.39, 0.29) is 5.78 Å². The van der Waals surface area contributed by atoms with Crippen LogP contribution in [0.15, 0.2) is 48.5 Å². The van der Waals surface area contributed by atoms with E-state index >= 15 is 0 Å². The lowest BCUT2D eigenvalue weighted by atomic mass is 9.94. The molecule has 1 heterocycles. The predicted octanol–water partition coefficient (Wildman–Crippen LogP) is 4.27. The fourth-order valence-corrected chi connectivity index (χ4v) is 3.11. The number of hydrogen-bond acceptors (Lipinski definition) is 2. The maximum atomic E-state index is 12.2. The lowest BCUT2D eigenvalue weighted by Gasteiger charge is -2.10. The number of aryl methyl sites for hydroxylation is 1. The number of carbonyl (C=O) groups excluding carboxylic acids is 1. The summed E-state index contributed by atoms with van der Waals surface area (Å²) in [6.07, 6.45) is 2.54. The second-order valence-electron chi connectivity index (χ2n) is 5.74. The molecule has 0 aliphatic heterocycles. The molecule has 3 aromatic rings. The Morgan fingerprint density at radius 1 is 1.05 bits per heavy atom. The molecule has 0 atom stereocenters. The molecule has 1 aliphatic rings. The molecule has 0 spiro atoms. The average Bonchev–Trinajstić information content (AvgIpc) is 2.93. The van der Waals surface area contributed by atoms with Gasteiger partial charge in [-0.2, -0.15) is 0 Å². The van der Waals surface area contributed by atoms with Crippen LogP contribution in [0, 0.1) is 0 Å². The summed E-state index contributed by atoms with van der Waals surface area (Å²) in [5.74, 6) is 1.05. The summed E-state index contributed by atoms with van der Waals surface area (Å²) in [6.45, 7) is 0.535. The number of benzene rings is 2. The van der Waals surface area contributed by atoms with Gasteiger partial charge in [0.15, 0.2) is 5.78 Å². The van der Waals surface area contributed by atoms with Gasteiger partial charge in [0.05, 0.1) is 0 Å². The summed E-state index contributed by atoms with van der Waals surface area (Å²) in [7, 11) is 0. The number of fused-ring (bicyclic) bond motifs is 3. The Kier molecular flexibility index (Phi) is 3.19. The summed E-state index contributed by atoms with van der Waals surface area (Å²) >= 11 is 0. The molecule has 0 fully saturated rings. The molecule has 0 bridgehead atoms. The lowest BCUT2D eigenvalue weighted by molar-refractivity contribution is 0.0974. The third-order valence-electron chi connectivity index (χ3n) is 4.21. The minimum atomic E-state index is 0.243. The number of H-pyrrole nitrogens is 1. The van der Waals surface area contributed by atoms with E-state index in [1.165, 1.54) is 0 Å². The fourth-order valence-electron chi connectivity index (χ4n) is 3.11. The van der Waals surface area contributed by atoms with Gasteiger partial charge in [0.1, 0.15) is 12.4 Å². The molecule has 3 nitrogen and oxygen atoms in total. The Labute approximate surface area is 128 Å². The highest BCUT2D eigenvalue weighted by Gasteiger charge is 2.22. The molecule has 1 aliphatic carbocycles. The minimum absolute atomic E-state index is 0.243. The van der Waals surface area contributed by atoms with Crippen molar-refractivity contribution in [2.45, 2.75) is 25.9 Å². The summed E-state index contributed by atoms with van der Waals surface area (Å²) in [5.41, 5.74) is 4.10. The first-order valence-electron chi connectivity index (χ1n) is 7.66. The first-order valence-corrected chi connectivity index (χ1v) is 7.66. The van der Waals surface area contributed by atoms with Crippen LogP contribution in [0.3, 0.4) is 0 Å². The van der Waals surface area contributed by atoms with Crippen molar-refractivity contribution >= 4 is 16.7 Å². The fraction of sp³-hybridized carbons (Fsp3) is 0.211. The molecule has 3 heteroatoms. The standard InChI is InChI=1S/C19H17NO2/c21-18-8-4-7-17-19(18)15-11-14(9-10-16(15)20-17)22-12-13-5-2-1-3-6-13/h1-3,5-6,9-11,20H,4,7-8,12H2. The zero-order valence-electron chi connectivity index (χ0n) is 12.3.